The highest BCUT2D eigenvalue weighted by atomic mass is 16.1. The topological polar surface area (TPSA) is 50.2 Å². The molecule has 0 unspecified atom stereocenters. The van der Waals surface area contributed by atoms with Crippen LogP contribution in [0.5, 0.6) is 0 Å². The summed E-state index contributed by atoms with van der Waals surface area (Å²) in [4.78, 5) is 13.7. The predicted molar refractivity (Wildman–Crippen MR) is 73.0 cm³/mol. The SMILES string of the molecule is C=C(CNC1CC1)Cn1ncc(N(C)C)cc1=O. The van der Waals surface area contributed by atoms with Gasteiger partial charge in [0.05, 0.1) is 18.4 Å². The number of nitrogens with one attached hydrogen (secondary N) is 1. The van der Waals surface area contributed by atoms with Crippen molar-refractivity contribution in [2.75, 3.05) is 25.5 Å². The molecule has 5 heteroatoms. The molecule has 0 spiro atoms. The van der Waals surface area contributed by atoms with E-state index in [0.29, 0.717) is 12.6 Å². The maximum absolute atomic E-state index is 11.8. The molecule has 0 atom stereocenters. The molecule has 1 aromatic rings. The van der Waals surface area contributed by atoms with E-state index in [4.69, 9.17) is 0 Å². The first-order valence-electron chi connectivity index (χ1n) is 6.21. The number of nitrogens with zero attached hydrogens (tertiary/aromatic N) is 3. The first-order chi connectivity index (χ1) is 8.56. The standard InChI is InChI=1S/C13H20N4O/c1-10(7-14-11-4-5-11)9-17-13(18)6-12(8-15-17)16(2)3/h6,8,11,14H,1,4-5,7,9H2,2-3H3. The van der Waals surface area contributed by atoms with E-state index in [1.165, 1.54) is 17.5 Å². The lowest BCUT2D eigenvalue weighted by molar-refractivity contribution is 0.604. The van der Waals surface area contributed by atoms with Gasteiger partial charge >= 0.3 is 0 Å². The Labute approximate surface area is 107 Å². The van der Waals surface area contributed by atoms with Gasteiger partial charge < -0.3 is 10.2 Å². The van der Waals surface area contributed by atoms with Crippen molar-refractivity contribution < 1.29 is 0 Å². The Morgan fingerprint density at radius 1 is 1.61 bits per heavy atom. The quantitative estimate of drug-likeness (QED) is 0.750. The van der Waals surface area contributed by atoms with Crippen LogP contribution in [0.1, 0.15) is 12.8 Å². The van der Waals surface area contributed by atoms with E-state index in [0.717, 1.165) is 17.8 Å². The summed E-state index contributed by atoms with van der Waals surface area (Å²) in [6.07, 6.45) is 4.20. The van der Waals surface area contributed by atoms with E-state index < -0.39 is 0 Å². The van der Waals surface area contributed by atoms with Crippen LogP contribution in [0.3, 0.4) is 0 Å². The van der Waals surface area contributed by atoms with Gasteiger partial charge in [0.15, 0.2) is 0 Å². The second kappa shape index (κ2) is 5.35. The molecule has 1 aromatic heterocycles. The van der Waals surface area contributed by atoms with Crippen molar-refractivity contribution in [3.05, 3.63) is 34.8 Å². The Hall–Kier alpha value is -1.62. The van der Waals surface area contributed by atoms with E-state index in [2.05, 4.69) is 17.0 Å². The highest BCUT2D eigenvalue weighted by molar-refractivity contribution is 5.40. The third-order valence-corrected chi connectivity index (χ3v) is 2.96. The fraction of sp³-hybridized carbons (Fsp3) is 0.538. The lowest BCUT2D eigenvalue weighted by Crippen LogP contribution is -2.27. The minimum Gasteiger partial charge on any atom is -0.376 e. The summed E-state index contributed by atoms with van der Waals surface area (Å²) in [7, 11) is 3.78. The molecule has 0 aliphatic heterocycles. The summed E-state index contributed by atoms with van der Waals surface area (Å²) < 4.78 is 1.45. The first-order valence-corrected chi connectivity index (χ1v) is 6.21. The van der Waals surface area contributed by atoms with E-state index in [1.54, 1.807) is 12.3 Å². The monoisotopic (exact) mass is 248 g/mol. The molecule has 0 amide bonds. The van der Waals surface area contributed by atoms with E-state index >= 15 is 0 Å². The van der Waals surface area contributed by atoms with Crippen molar-refractivity contribution >= 4 is 5.69 Å². The van der Waals surface area contributed by atoms with Crippen LogP contribution in [0.25, 0.3) is 0 Å². The summed E-state index contributed by atoms with van der Waals surface area (Å²) in [5.74, 6) is 0. The molecule has 0 saturated heterocycles. The second-order valence-electron chi connectivity index (χ2n) is 5.01. The molecular weight excluding hydrogens is 228 g/mol. The molecule has 98 valence electrons. The van der Waals surface area contributed by atoms with Crippen LogP contribution >= 0.6 is 0 Å². The lowest BCUT2D eigenvalue weighted by atomic mass is 10.3. The zero-order chi connectivity index (χ0) is 13.1. The highest BCUT2D eigenvalue weighted by Gasteiger charge is 2.20. The van der Waals surface area contributed by atoms with Crippen molar-refractivity contribution in [1.29, 1.82) is 0 Å². The maximum Gasteiger partial charge on any atom is 0.269 e. The third-order valence-electron chi connectivity index (χ3n) is 2.96. The van der Waals surface area contributed by atoms with E-state index in [-0.39, 0.29) is 5.56 Å². The van der Waals surface area contributed by atoms with Crippen LogP contribution in [0.2, 0.25) is 0 Å². The summed E-state index contributed by atoms with van der Waals surface area (Å²) in [5.41, 5.74) is 1.71. The molecule has 1 aliphatic carbocycles. The number of anilines is 1. The molecule has 1 aliphatic rings. The summed E-state index contributed by atoms with van der Waals surface area (Å²) >= 11 is 0. The van der Waals surface area contributed by atoms with Crippen LogP contribution in [0.4, 0.5) is 5.69 Å². The fourth-order valence-electron chi connectivity index (χ4n) is 1.63. The Bertz CT molecular complexity index is 488. The van der Waals surface area contributed by atoms with Gasteiger partial charge in [-0.1, -0.05) is 6.58 Å². The van der Waals surface area contributed by atoms with E-state index in [1.807, 2.05) is 19.0 Å². The first kappa shape index (κ1) is 12.8. The number of rotatable bonds is 6. The van der Waals surface area contributed by atoms with Gasteiger partial charge in [-0.2, -0.15) is 5.10 Å². The van der Waals surface area contributed by atoms with Crippen molar-refractivity contribution in [2.24, 2.45) is 0 Å². The molecule has 1 N–H and O–H groups in total. The van der Waals surface area contributed by atoms with Gasteiger partial charge in [-0.15, -0.1) is 0 Å². The molecular formula is C13H20N4O. The van der Waals surface area contributed by atoms with Gasteiger partial charge in [-0.25, -0.2) is 4.68 Å². The van der Waals surface area contributed by atoms with E-state index in [9.17, 15) is 4.79 Å². The zero-order valence-electron chi connectivity index (χ0n) is 11.0. The largest absolute Gasteiger partial charge is 0.376 e. The van der Waals surface area contributed by atoms with Crippen LogP contribution in [0.15, 0.2) is 29.2 Å². The Kier molecular flexibility index (Phi) is 3.81. The average molecular weight is 248 g/mol. The van der Waals surface area contributed by atoms with Crippen LogP contribution in [-0.2, 0) is 6.54 Å². The van der Waals surface area contributed by atoms with Gasteiger partial charge in [0.25, 0.3) is 5.56 Å². The lowest BCUT2D eigenvalue weighted by Gasteiger charge is -2.13. The molecule has 2 rings (SSSR count). The molecule has 5 nitrogen and oxygen atoms in total. The third kappa shape index (κ3) is 3.43. The molecule has 0 aromatic carbocycles. The summed E-state index contributed by atoms with van der Waals surface area (Å²) in [6, 6.07) is 2.25. The molecule has 1 heterocycles. The molecule has 1 fully saturated rings. The normalized spacial score (nSPS) is 14.6. The van der Waals surface area contributed by atoms with Crippen molar-refractivity contribution in [3.8, 4) is 0 Å². The van der Waals surface area contributed by atoms with Crippen molar-refractivity contribution in [3.63, 3.8) is 0 Å². The van der Waals surface area contributed by atoms with Gasteiger partial charge in [0.1, 0.15) is 0 Å². The van der Waals surface area contributed by atoms with Gasteiger partial charge in [0, 0.05) is 32.7 Å². The molecule has 18 heavy (non-hydrogen) atoms. The Balaban J connectivity index is 1.95. The van der Waals surface area contributed by atoms with Crippen molar-refractivity contribution in [2.45, 2.75) is 25.4 Å². The second-order valence-corrected chi connectivity index (χ2v) is 5.01. The zero-order valence-corrected chi connectivity index (χ0v) is 11.0. The van der Waals surface area contributed by atoms with Crippen LogP contribution in [-0.4, -0.2) is 36.5 Å². The minimum absolute atomic E-state index is 0.0891. The molecule has 0 radical (unpaired) electrons. The van der Waals surface area contributed by atoms with Crippen molar-refractivity contribution in [1.82, 2.24) is 15.1 Å². The summed E-state index contributed by atoms with van der Waals surface area (Å²) in [6.45, 7) is 5.21. The average Bonchev–Trinajstić information content (AvgIpc) is 3.13. The number of aromatic nitrogens is 2. The predicted octanol–water partition coefficient (Wildman–Crippen LogP) is 0.617. The van der Waals surface area contributed by atoms with Crippen LogP contribution in [0, 0.1) is 0 Å². The molecule has 0 bridgehead atoms. The Morgan fingerprint density at radius 2 is 2.33 bits per heavy atom. The smallest absolute Gasteiger partial charge is 0.269 e. The van der Waals surface area contributed by atoms with Gasteiger partial charge in [-0.3, -0.25) is 4.79 Å². The fourth-order valence-corrected chi connectivity index (χ4v) is 1.63. The minimum atomic E-state index is -0.0891. The van der Waals surface area contributed by atoms with Gasteiger partial charge in [-0.05, 0) is 18.4 Å². The highest BCUT2D eigenvalue weighted by Crippen LogP contribution is 2.18. The Morgan fingerprint density at radius 3 is 2.89 bits per heavy atom. The maximum atomic E-state index is 11.8. The molecule has 1 saturated carbocycles. The number of hydrogen-bond donors (Lipinski definition) is 1. The number of hydrogen-bond acceptors (Lipinski definition) is 4. The summed E-state index contributed by atoms with van der Waals surface area (Å²) in [5, 5.41) is 7.53. The van der Waals surface area contributed by atoms with Crippen LogP contribution < -0.4 is 15.8 Å². The van der Waals surface area contributed by atoms with Gasteiger partial charge in [0.2, 0.25) is 0 Å².